The third kappa shape index (κ3) is 5.96. The predicted octanol–water partition coefficient (Wildman–Crippen LogP) is 4.23. The summed E-state index contributed by atoms with van der Waals surface area (Å²) in [6.45, 7) is 5.09. The van der Waals surface area contributed by atoms with E-state index in [1.807, 2.05) is 19.2 Å². The second-order valence-electron chi connectivity index (χ2n) is 7.31. The molecule has 1 atom stereocenters. The van der Waals surface area contributed by atoms with Crippen LogP contribution >= 0.6 is 0 Å². The molecule has 0 aliphatic rings. The lowest BCUT2D eigenvalue weighted by Crippen LogP contribution is -2.38. The van der Waals surface area contributed by atoms with Crippen molar-refractivity contribution in [3.8, 4) is 22.6 Å². The molecule has 32 heavy (non-hydrogen) atoms. The molecule has 0 bridgehead atoms. The van der Waals surface area contributed by atoms with Crippen molar-refractivity contribution in [2.45, 2.75) is 32.9 Å². The first-order valence-electron chi connectivity index (χ1n) is 9.80. The summed E-state index contributed by atoms with van der Waals surface area (Å²) < 4.78 is 39.9. The molecule has 3 N–H and O–H groups in total. The predicted molar refractivity (Wildman–Crippen MR) is 118 cm³/mol. The molecule has 2 aromatic rings. The topological polar surface area (TPSA) is 96.9 Å². The fourth-order valence-corrected chi connectivity index (χ4v) is 2.93. The number of ether oxygens (including phenoxy) is 2. The molecule has 1 amide bonds. The number of aliphatic carboxylic acids is 1. The highest BCUT2D eigenvalue weighted by Crippen LogP contribution is 2.39. The van der Waals surface area contributed by atoms with Gasteiger partial charge in [0.1, 0.15) is 23.4 Å². The van der Waals surface area contributed by atoms with Crippen LogP contribution in [-0.4, -0.2) is 43.3 Å². The van der Waals surface area contributed by atoms with Crippen LogP contribution in [0.15, 0.2) is 36.2 Å². The van der Waals surface area contributed by atoms with E-state index in [1.165, 1.54) is 39.3 Å². The van der Waals surface area contributed by atoms with Gasteiger partial charge >= 0.3 is 5.97 Å². The Morgan fingerprint density at radius 1 is 1.03 bits per heavy atom. The molecule has 0 saturated carbocycles. The van der Waals surface area contributed by atoms with Crippen LogP contribution < -0.4 is 20.1 Å². The quantitative estimate of drug-likeness (QED) is 0.497. The Labute approximate surface area is 185 Å². The Morgan fingerprint density at radius 2 is 1.69 bits per heavy atom. The van der Waals surface area contributed by atoms with Crippen molar-refractivity contribution in [2.75, 3.05) is 19.5 Å². The van der Waals surface area contributed by atoms with Crippen LogP contribution in [0.3, 0.4) is 0 Å². The van der Waals surface area contributed by atoms with Crippen LogP contribution in [0.25, 0.3) is 17.2 Å². The number of benzene rings is 2. The van der Waals surface area contributed by atoms with Gasteiger partial charge in [-0.25, -0.2) is 8.78 Å². The number of hydrogen-bond acceptors (Lipinski definition) is 5. The van der Waals surface area contributed by atoms with E-state index in [2.05, 4.69) is 5.32 Å². The van der Waals surface area contributed by atoms with Gasteiger partial charge in [0.25, 0.3) is 5.91 Å². The van der Waals surface area contributed by atoms with Crippen molar-refractivity contribution < 1.29 is 33.0 Å². The third-order valence-corrected chi connectivity index (χ3v) is 4.48. The summed E-state index contributed by atoms with van der Waals surface area (Å²) in [6, 6.07) is 6.43. The van der Waals surface area contributed by atoms with E-state index in [-0.39, 0.29) is 28.7 Å². The van der Waals surface area contributed by atoms with Crippen molar-refractivity contribution in [1.29, 1.82) is 0 Å². The summed E-state index contributed by atoms with van der Waals surface area (Å²) in [6.07, 6.45) is 0.890. The number of nitrogens with one attached hydrogen (secondary N) is 2. The Balaban J connectivity index is 2.47. The second kappa shape index (κ2) is 10.6. The van der Waals surface area contributed by atoms with Gasteiger partial charge in [0.05, 0.1) is 14.2 Å². The number of amides is 1. The van der Waals surface area contributed by atoms with Crippen molar-refractivity contribution in [2.24, 2.45) is 0 Å². The first-order valence-corrected chi connectivity index (χ1v) is 9.80. The van der Waals surface area contributed by atoms with Crippen molar-refractivity contribution in [3.63, 3.8) is 0 Å². The SMILES string of the molecule is COc1cc(-c2ccc(NC(C)C)cc2F)c(OC)cc1/C=C(/F)C(=O)N[C@H](C)C(=O)O. The molecule has 0 aromatic heterocycles. The molecule has 0 saturated heterocycles. The van der Waals surface area contributed by atoms with Crippen LogP contribution in [0.5, 0.6) is 11.5 Å². The first-order chi connectivity index (χ1) is 15.1. The van der Waals surface area contributed by atoms with Gasteiger partial charge in [-0.3, -0.25) is 9.59 Å². The van der Waals surface area contributed by atoms with Crippen molar-refractivity contribution in [3.05, 3.63) is 47.5 Å². The van der Waals surface area contributed by atoms with Crippen LogP contribution in [0, 0.1) is 5.82 Å². The molecule has 0 spiro atoms. The van der Waals surface area contributed by atoms with Gasteiger partial charge in [-0.2, -0.15) is 0 Å². The summed E-state index contributed by atoms with van der Waals surface area (Å²) in [5, 5.41) is 14.0. The fraction of sp³-hybridized carbons (Fsp3) is 0.304. The Kier molecular flexibility index (Phi) is 8.17. The number of anilines is 1. The number of rotatable bonds is 9. The Bertz CT molecular complexity index is 1040. The summed E-state index contributed by atoms with van der Waals surface area (Å²) >= 11 is 0. The number of carbonyl (C=O) groups is 2. The molecule has 0 fully saturated rings. The molecule has 0 unspecified atom stereocenters. The molecule has 0 aliphatic heterocycles. The lowest BCUT2D eigenvalue weighted by atomic mass is 10.00. The molecular weight excluding hydrogens is 422 g/mol. The highest BCUT2D eigenvalue weighted by molar-refractivity contribution is 5.98. The molecule has 2 aromatic carbocycles. The molecule has 9 heteroatoms. The van der Waals surface area contributed by atoms with Gasteiger partial charge in [0.15, 0.2) is 5.83 Å². The van der Waals surface area contributed by atoms with E-state index in [0.717, 1.165) is 6.08 Å². The van der Waals surface area contributed by atoms with Gasteiger partial charge in [-0.1, -0.05) is 0 Å². The van der Waals surface area contributed by atoms with E-state index in [1.54, 1.807) is 12.1 Å². The summed E-state index contributed by atoms with van der Waals surface area (Å²) in [5.41, 5.74) is 1.40. The smallest absolute Gasteiger partial charge is 0.325 e. The normalized spacial score (nSPS) is 12.3. The minimum absolute atomic E-state index is 0.131. The number of carboxylic acids is 1. The van der Waals surface area contributed by atoms with Crippen LogP contribution in [0.1, 0.15) is 26.3 Å². The lowest BCUT2D eigenvalue weighted by molar-refractivity contribution is -0.140. The van der Waals surface area contributed by atoms with E-state index < -0.39 is 29.6 Å². The zero-order valence-electron chi connectivity index (χ0n) is 18.5. The van der Waals surface area contributed by atoms with Gasteiger partial charge in [-0.05, 0) is 57.2 Å². The minimum Gasteiger partial charge on any atom is -0.496 e. The Hall–Kier alpha value is -3.62. The number of hydrogen-bond donors (Lipinski definition) is 3. The molecule has 0 aliphatic carbocycles. The van der Waals surface area contributed by atoms with Gasteiger partial charge in [0, 0.05) is 28.4 Å². The molecule has 2 rings (SSSR count). The highest BCUT2D eigenvalue weighted by Gasteiger charge is 2.20. The lowest BCUT2D eigenvalue weighted by Gasteiger charge is -2.16. The van der Waals surface area contributed by atoms with Gasteiger partial charge in [0.2, 0.25) is 0 Å². The summed E-state index contributed by atoms with van der Waals surface area (Å²) in [7, 11) is 2.72. The summed E-state index contributed by atoms with van der Waals surface area (Å²) in [4.78, 5) is 22.8. The van der Waals surface area contributed by atoms with Gasteiger partial charge in [-0.15, -0.1) is 0 Å². The highest BCUT2D eigenvalue weighted by atomic mass is 19.1. The maximum atomic E-state index is 14.8. The zero-order chi connectivity index (χ0) is 24.0. The molecule has 0 radical (unpaired) electrons. The molecular formula is C23H26F2N2O5. The zero-order valence-corrected chi connectivity index (χ0v) is 18.5. The van der Waals surface area contributed by atoms with Crippen LogP contribution in [-0.2, 0) is 9.59 Å². The number of carbonyl (C=O) groups excluding carboxylic acids is 1. The number of halogens is 2. The van der Waals surface area contributed by atoms with E-state index in [0.29, 0.717) is 11.3 Å². The van der Waals surface area contributed by atoms with Crippen molar-refractivity contribution >= 4 is 23.6 Å². The standard InChI is InChI=1S/C23H26F2N2O5/c1-12(2)26-15-6-7-16(18(24)10-15)17-11-20(31-4)14(9-21(17)32-5)8-19(25)22(28)27-13(3)23(29)30/h6-13,26H,1-5H3,(H,27,28)(H,29,30)/b19-8+/t13-/m1/s1. The van der Waals surface area contributed by atoms with E-state index in [9.17, 15) is 18.4 Å². The average molecular weight is 448 g/mol. The first kappa shape index (κ1) is 24.6. The van der Waals surface area contributed by atoms with Crippen LogP contribution in [0.2, 0.25) is 0 Å². The monoisotopic (exact) mass is 448 g/mol. The second-order valence-corrected chi connectivity index (χ2v) is 7.31. The molecule has 172 valence electrons. The van der Waals surface area contributed by atoms with Crippen molar-refractivity contribution in [1.82, 2.24) is 5.32 Å². The van der Waals surface area contributed by atoms with E-state index in [4.69, 9.17) is 14.6 Å². The largest absolute Gasteiger partial charge is 0.496 e. The minimum atomic E-state index is -1.30. The number of carboxylic acid groups (broad SMARTS) is 1. The fourth-order valence-electron chi connectivity index (χ4n) is 2.93. The van der Waals surface area contributed by atoms with Crippen LogP contribution in [0.4, 0.5) is 14.5 Å². The van der Waals surface area contributed by atoms with E-state index >= 15 is 0 Å². The third-order valence-electron chi connectivity index (χ3n) is 4.48. The maximum absolute atomic E-state index is 14.8. The average Bonchev–Trinajstić information content (AvgIpc) is 2.73. The molecule has 0 heterocycles. The Morgan fingerprint density at radius 3 is 2.22 bits per heavy atom. The number of methoxy groups -OCH3 is 2. The maximum Gasteiger partial charge on any atom is 0.325 e. The summed E-state index contributed by atoms with van der Waals surface area (Å²) in [5.74, 6) is -3.81. The molecule has 7 nitrogen and oxygen atoms in total. The van der Waals surface area contributed by atoms with Gasteiger partial charge < -0.3 is 25.2 Å².